The van der Waals surface area contributed by atoms with Crippen LogP contribution in [0.4, 0.5) is 0 Å². The van der Waals surface area contributed by atoms with E-state index in [2.05, 4.69) is 26.0 Å². The number of rotatable bonds is 5. The lowest BCUT2D eigenvalue weighted by atomic mass is 10.1. The molecule has 0 bridgehead atoms. The molecule has 0 aliphatic heterocycles. The molecule has 0 aliphatic rings. The largest absolute Gasteiger partial charge is 0.464 e. The fourth-order valence-electron chi connectivity index (χ4n) is 3.01. The second-order valence-corrected chi connectivity index (χ2v) is 6.84. The van der Waals surface area contributed by atoms with Crippen molar-refractivity contribution in [1.29, 1.82) is 0 Å². The number of alkyl halides is 1. The summed E-state index contributed by atoms with van der Waals surface area (Å²) in [5, 5.41) is 6.73. The van der Waals surface area contributed by atoms with E-state index in [0.29, 0.717) is 17.5 Å². The molecule has 1 aromatic carbocycles. The number of nitrogens with zero attached hydrogens (tertiary/aromatic N) is 2. The number of fused-ring (bicyclic) bond motifs is 3. The number of nitrogens with one attached hydrogen (secondary N) is 1. The molecule has 0 radical (unpaired) electrons. The maximum Gasteiger partial charge on any atom is 0.331 e. The Balaban J connectivity index is 2.22. The van der Waals surface area contributed by atoms with Gasteiger partial charge in [-0.2, -0.15) is 5.10 Å². The molecule has 0 saturated heterocycles. The normalized spacial score (nSPS) is 12.8. The van der Waals surface area contributed by atoms with Crippen LogP contribution in [0.5, 0.6) is 0 Å². The molecule has 1 N–H and O–H groups in total. The number of aromatic amines is 1. The number of esters is 1. The number of halogens is 1. The van der Waals surface area contributed by atoms with Gasteiger partial charge in [0.05, 0.1) is 6.61 Å². The molecule has 0 saturated carbocycles. The lowest BCUT2D eigenvalue weighted by Gasteiger charge is -2.19. The highest BCUT2D eigenvalue weighted by Crippen LogP contribution is 2.26. The summed E-state index contributed by atoms with van der Waals surface area (Å²) in [6, 6.07) is 5.33. The smallest absolute Gasteiger partial charge is 0.331 e. The molecule has 2 aromatic heterocycles. The summed E-state index contributed by atoms with van der Waals surface area (Å²) in [7, 11) is 0. The van der Waals surface area contributed by atoms with Crippen LogP contribution in [-0.2, 0) is 14.9 Å². The van der Waals surface area contributed by atoms with Gasteiger partial charge in [-0.15, -0.1) is 0 Å². The average Bonchev–Trinajstić information content (AvgIpc) is 2.99. The van der Waals surface area contributed by atoms with Gasteiger partial charge in [-0.05, 0) is 24.5 Å². The van der Waals surface area contributed by atoms with Gasteiger partial charge in [0.25, 0.3) is 5.56 Å². The van der Waals surface area contributed by atoms with Crippen molar-refractivity contribution in [3.05, 3.63) is 40.3 Å². The quantitative estimate of drug-likeness (QED) is 0.520. The summed E-state index contributed by atoms with van der Waals surface area (Å²) in [5.41, 5.74) is 1.89. The van der Waals surface area contributed by atoms with E-state index in [9.17, 15) is 9.59 Å². The molecule has 1 unspecified atom stereocenters. The van der Waals surface area contributed by atoms with Crippen molar-refractivity contribution in [3.63, 3.8) is 0 Å². The van der Waals surface area contributed by atoms with Gasteiger partial charge in [0, 0.05) is 27.8 Å². The van der Waals surface area contributed by atoms with E-state index in [1.54, 1.807) is 17.8 Å². The molecular weight excluding hydrogens is 386 g/mol. The van der Waals surface area contributed by atoms with E-state index in [-0.39, 0.29) is 17.4 Å². The van der Waals surface area contributed by atoms with Crippen LogP contribution in [0.15, 0.2) is 29.2 Å². The van der Waals surface area contributed by atoms with Crippen LogP contribution in [0.25, 0.3) is 21.8 Å². The number of carbonyl (C=O) groups excluding carboxylic acids is 1. The first-order valence-electron chi connectivity index (χ1n) is 8.22. The Kier molecular flexibility index (Phi) is 4.94. The Morgan fingerprint density at radius 1 is 1.36 bits per heavy atom. The van der Waals surface area contributed by atoms with E-state index >= 15 is 0 Å². The van der Waals surface area contributed by atoms with Gasteiger partial charge in [0.1, 0.15) is 0 Å². The molecule has 1 atom stereocenters. The van der Waals surface area contributed by atoms with E-state index in [0.717, 1.165) is 21.9 Å². The van der Waals surface area contributed by atoms with Gasteiger partial charge >= 0.3 is 5.97 Å². The summed E-state index contributed by atoms with van der Waals surface area (Å²) in [6.07, 6.45) is 1.77. The number of pyridine rings is 1. The molecular formula is C18H20BrN3O3. The molecule has 0 spiro atoms. The van der Waals surface area contributed by atoms with Crippen LogP contribution in [0.3, 0.4) is 0 Å². The topological polar surface area (TPSA) is 77.0 Å². The molecule has 25 heavy (non-hydrogen) atoms. The molecule has 0 amide bonds. The minimum Gasteiger partial charge on any atom is -0.464 e. The van der Waals surface area contributed by atoms with Gasteiger partial charge in [-0.1, -0.05) is 41.9 Å². The van der Waals surface area contributed by atoms with Gasteiger partial charge in [0.15, 0.2) is 11.6 Å². The Bertz CT molecular complexity index is 990. The number of carbonyl (C=O) groups is 1. The van der Waals surface area contributed by atoms with Crippen molar-refractivity contribution in [2.45, 2.75) is 32.1 Å². The van der Waals surface area contributed by atoms with Crippen LogP contribution in [-0.4, -0.2) is 27.3 Å². The van der Waals surface area contributed by atoms with Crippen LogP contribution >= 0.6 is 15.9 Å². The van der Waals surface area contributed by atoms with Gasteiger partial charge in [-0.25, -0.2) is 4.79 Å². The Hall–Kier alpha value is -2.15. The first-order valence-corrected chi connectivity index (χ1v) is 9.34. The predicted octanol–water partition coefficient (Wildman–Crippen LogP) is 3.53. The zero-order chi connectivity index (χ0) is 18.1. The maximum atomic E-state index is 12.4. The lowest BCUT2D eigenvalue weighted by molar-refractivity contribution is -0.148. The van der Waals surface area contributed by atoms with Crippen molar-refractivity contribution in [3.8, 4) is 0 Å². The second kappa shape index (κ2) is 7.00. The van der Waals surface area contributed by atoms with Crippen molar-refractivity contribution in [1.82, 2.24) is 14.8 Å². The molecule has 2 heterocycles. The zero-order valence-corrected chi connectivity index (χ0v) is 16.0. The number of H-pyrrole nitrogens is 1. The monoisotopic (exact) mass is 405 g/mol. The van der Waals surface area contributed by atoms with Gasteiger partial charge < -0.3 is 9.72 Å². The minimum absolute atomic E-state index is 0.0151. The zero-order valence-electron chi connectivity index (χ0n) is 14.4. The lowest BCUT2D eigenvalue weighted by Crippen LogP contribution is -2.27. The highest BCUT2D eigenvalue weighted by molar-refractivity contribution is 9.08. The first-order chi connectivity index (χ1) is 12.0. The Labute approximate surface area is 153 Å². The van der Waals surface area contributed by atoms with Crippen LogP contribution in [0, 0.1) is 5.92 Å². The van der Waals surface area contributed by atoms with E-state index in [1.807, 2.05) is 32.0 Å². The predicted molar refractivity (Wildman–Crippen MR) is 101 cm³/mol. The third-order valence-corrected chi connectivity index (χ3v) is 4.82. The molecule has 6 nitrogen and oxygen atoms in total. The summed E-state index contributed by atoms with van der Waals surface area (Å²) in [4.78, 5) is 27.6. The van der Waals surface area contributed by atoms with Crippen molar-refractivity contribution >= 4 is 43.7 Å². The number of hydrogen-bond donors (Lipinski definition) is 1. The summed E-state index contributed by atoms with van der Waals surface area (Å²) < 4.78 is 6.73. The number of benzene rings is 1. The molecule has 3 rings (SSSR count). The highest BCUT2D eigenvalue weighted by atomic mass is 79.9. The summed E-state index contributed by atoms with van der Waals surface area (Å²) in [6.45, 7) is 5.94. The van der Waals surface area contributed by atoms with Crippen molar-refractivity contribution in [2.75, 3.05) is 6.61 Å². The van der Waals surface area contributed by atoms with E-state index in [4.69, 9.17) is 4.74 Å². The summed E-state index contributed by atoms with van der Waals surface area (Å²) in [5.74, 6) is -0.355. The van der Waals surface area contributed by atoms with Crippen molar-refractivity contribution in [2.24, 2.45) is 5.92 Å². The molecule has 0 fully saturated rings. The minimum atomic E-state index is -0.566. The second-order valence-electron chi connectivity index (χ2n) is 6.28. The van der Waals surface area contributed by atoms with Crippen molar-refractivity contribution < 1.29 is 9.53 Å². The van der Waals surface area contributed by atoms with E-state index in [1.165, 1.54) is 0 Å². The number of aromatic nitrogens is 3. The van der Waals surface area contributed by atoms with Gasteiger partial charge in [0.2, 0.25) is 0 Å². The SMILES string of the molecule is CCOC(=O)C(C(C)C)n1cc2c(n1)c(=O)[nH]c1cc(CBr)ccc12. The van der Waals surface area contributed by atoms with E-state index < -0.39 is 6.04 Å². The summed E-state index contributed by atoms with van der Waals surface area (Å²) >= 11 is 3.42. The van der Waals surface area contributed by atoms with Crippen LogP contribution in [0.1, 0.15) is 32.4 Å². The number of hydrogen-bond acceptors (Lipinski definition) is 4. The molecule has 3 aromatic rings. The Morgan fingerprint density at radius 3 is 2.76 bits per heavy atom. The molecule has 7 heteroatoms. The average molecular weight is 406 g/mol. The fraction of sp³-hybridized carbons (Fsp3) is 0.389. The van der Waals surface area contributed by atoms with Gasteiger partial charge in [-0.3, -0.25) is 9.48 Å². The first kappa shape index (κ1) is 17.7. The molecule has 132 valence electrons. The van der Waals surface area contributed by atoms with Crippen LogP contribution in [0.2, 0.25) is 0 Å². The molecule has 0 aliphatic carbocycles. The standard InChI is InChI=1S/C18H20BrN3O3/c1-4-25-18(24)16(10(2)3)22-9-13-12-6-5-11(8-19)7-14(12)20-17(23)15(13)21-22/h5-7,9-10,16H,4,8H2,1-3H3,(H,20,23). The Morgan fingerprint density at radius 2 is 2.12 bits per heavy atom. The maximum absolute atomic E-state index is 12.4. The number of ether oxygens (including phenoxy) is 1. The van der Waals surface area contributed by atoms with Crippen LogP contribution < -0.4 is 5.56 Å². The third kappa shape index (κ3) is 3.20. The fourth-order valence-corrected chi connectivity index (χ4v) is 3.36. The highest BCUT2D eigenvalue weighted by Gasteiger charge is 2.27. The third-order valence-electron chi connectivity index (χ3n) is 4.17.